The number of esters is 1. The van der Waals surface area contributed by atoms with E-state index in [1.807, 2.05) is 18.2 Å². The first-order valence-electron chi connectivity index (χ1n) is 9.76. The highest BCUT2D eigenvalue weighted by molar-refractivity contribution is 7.95. The Labute approximate surface area is 173 Å². The van der Waals surface area contributed by atoms with Crippen LogP contribution >= 0.6 is 7.26 Å². The summed E-state index contributed by atoms with van der Waals surface area (Å²) >= 11 is 0. The molecule has 0 bridgehead atoms. The Morgan fingerprint density at radius 1 is 0.828 bits per heavy atom. The molecular formula is C26H26O2P+. The van der Waals surface area contributed by atoms with Gasteiger partial charge in [0.2, 0.25) is 0 Å². The number of hydrogen-bond donors (Lipinski definition) is 0. The predicted octanol–water partition coefficient (Wildman–Crippen LogP) is 4.66. The molecule has 3 aromatic rings. The summed E-state index contributed by atoms with van der Waals surface area (Å²) in [6.07, 6.45) is 4.66. The van der Waals surface area contributed by atoms with Crippen molar-refractivity contribution < 1.29 is 9.53 Å². The molecule has 0 aromatic heterocycles. The molecule has 0 N–H and O–H groups in total. The Morgan fingerprint density at radius 2 is 1.24 bits per heavy atom. The fourth-order valence-electron chi connectivity index (χ4n) is 3.46. The Kier molecular flexibility index (Phi) is 7.16. The number of carbonyl (C=O) groups is 1. The van der Waals surface area contributed by atoms with E-state index in [1.54, 1.807) is 13.0 Å². The van der Waals surface area contributed by atoms with E-state index in [9.17, 15) is 4.79 Å². The molecule has 0 unspecified atom stereocenters. The molecule has 3 aromatic carbocycles. The minimum atomic E-state index is -1.94. The van der Waals surface area contributed by atoms with Gasteiger partial charge >= 0.3 is 5.97 Å². The highest BCUT2D eigenvalue weighted by Crippen LogP contribution is 2.55. The normalized spacial score (nSPS) is 11.3. The number of carbonyl (C=O) groups excluding carboxylic acids is 1. The second-order valence-corrected chi connectivity index (χ2v) is 10.2. The van der Waals surface area contributed by atoms with Gasteiger partial charge in [-0.15, -0.1) is 0 Å². The van der Waals surface area contributed by atoms with Crippen molar-refractivity contribution in [3.05, 3.63) is 115 Å². The number of allylic oxidation sites excluding steroid dienone is 1. The zero-order chi connectivity index (χ0) is 20.5. The molecule has 2 nitrogen and oxygen atoms in total. The van der Waals surface area contributed by atoms with E-state index in [0.29, 0.717) is 12.2 Å². The monoisotopic (exact) mass is 401 g/mol. The summed E-state index contributed by atoms with van der Waals surface area (Å²) in [5, 5.41) is 3.93. The van der Waals surface area contributed by atoms with E-state index < -0.39 is 7.26 Å². The highest BCUT2D eigenvalue weighted by Gasteiger charge is 2.44. The summed E-state index contributed by atoms with van der Waals surface area (Å²) < 4.78 is 5.06. The van der Waals surface area contributed by atoms with Crippen LogP contribution in [0.1, 0.15) is 6.92 Å². The van der Waals surface area contributed by atoms with Crippen molar-refractivity contribution in [3.63, 3.8) is 0 Å². The van der Waals surface area contributed by atoms with E-state index in [0.717, 1.165) is 6.16 Å². The lowest BCUT2D eigenvalue weighted by atomic mass is 10.3. The van der Waals surface area contributed by atoms with Crippen LogP contribution in [0.5, 0.6) is 0 Å². The van der Waals surface area contributed by atoms with Crippen LogP contribution in [0, 0.1) is 0 Å². The lowest BCUT2D eigenvalue weighted by molar-refractivity contribution is -0.138. The molecule has 0 saturated carbocycles. The lowest BCUT2D eigenvalue weighted by Crippen LogP contribution is -2.32. The molecule has 0 aliphatic heterocycles. The van der Waals surface area contributed by atoms with Crippen LogP contribution in [0.4, 0.5) is 0 Å². The Bertz CT molecular complexity index is 867. The van der Waals surface area contributed by atoms with Gasteiger partial charge in [0.25, 0.3) is 0 Å². The van der Waals surface area contributed by atoms with Gasteiger partial charge in [-0.3, -0.25) is 0 Å². The van der Waals surface area contributed by atoms with E-state index in [4.69, 9.17) is 4.74 Å². The summed E-state index contributed by atoms with van der Waals surface area (Å²) in [5.74, 6) is -0.369. The molecule has 0 radical (unpaired) electrons. The van der Waals surface area contributed by atoms with Crippen LogP contribution in [0.2, 0.25) is 0 Å². The van der Waals surface area contributed by atoms with Gasteiger partial charge in [0.15, 0.2) is 0 Å². The molecule has 29 heavy (non-hydrogen) atoms. The summed E-state index contributed by atoms with van der Waals surface area (Å²) in [6, 6.07) is 32.0. The minimum absolute atomic E-state index is 0.348. The van der Waals surface area contributed by atoms with Crippen molar-refractivity contribution in [2.24, 2.45) is 0 Å². The van der Waals surface area contributed by atoms with Gasteiger partial charge in [-0.1, -0.05) is 61.2 Å². The fraction of sp³-hybridized carbons (Fsp3) is 0.115. The van der Waals surface area contributed by atoms with Gasteiger partial charge < -0.3 is 4.74 Å². The lowest BCUT2D eigenvalue weighted by Gasteiger charge is -2.26. The first-order valence-corrected chi connectivity index (χ1v) is 11.7. The van der Waals surface area contributed by atoms with Crippen molar-refractivity contribution in [1.82, 2.24) is 0 Å². The van der Waals surface area contributed by atoms with Crippen LogP contribution in [0.25, 0.3) is 0 Å². The van der Waals surface area contributed by atoms with Gasteiger partial charge in [0.05, 0.1) is 18.3 Å². The second kappa shape index (κ2) is 10.0. The smallest absolute Gasteiger partial charge is 0.337 e. The molecule has 0 amide bonds. The molecule has 0 heterocycles. The molecule has 0 saturated heterocycles. The van der Waals surface area contributed by atoms with Crippen molar-refractivity contribution in [2.75, 3.05) is 12.8 Å². The molecular weight excluding hydrogens is 375 g/mol. The van der Waals surface area contributed by atoms with E-state index in [2.05, 4.69) is 85.5 Å². The minimum Gasteiger partial charge on any atom is -0.462 e. The van der Waals surface area contributed by atoms with Gasteiger partial charge in [0.1, 0.15) is 23.2 Å². The average Bonchev–Trinajstić information content (AvgIpc) is 2.78. The van der Waals surface area contributed by atoms with Crippen LogP contribution in [0.15, 0.2) is 115 Å². The standard InChI is InChI=1S/C26H26O2P/c1-3-28-26(27)22(2)14-13-21-29(23-15-7-4-8-16-23,24-17-9-5-10-18-24)25-19-11-6-12-20-25/h4-20H,2-3,21H2,1H3/q+1. The third kappa shape index (κ3) is 4.72. The van der Waals surface area contributed by atoms with E-state index >= 15 is 0 Å². The molecule has 3 heteroatoms. The first-order chi connectivity index (χ1) is 14.2. The summed E-state index contributed by atoms with van der Waals surface area (Å²) in [4.78, 5) is 11.9. The van der Waals surface area contributed by atoms with Gasteiger partial charge in [-0.25, -0.2) is 4.79 Å². The summed E-state index contributed by atoms with van der Waals surface area (Å²) in [5.41, 5.74) is 0.374. The molecule has 146 valence electrons. The van der Waals surface area contributed by atoms with Crippen LogP contribution < -0.4 is 15.9 Å². The van der Waals surface area contributed by atoms with Crippen molar-refractivity contribution in [1.29, 1.82) is 0 Å². The van der Waals surface area contributed by atoms with Crippen LogP contribution in [0.3, 0.4) is 0 Å². The topological polar surface area (TPSA) is 26.3 Å². The molecule has 0 spiro atoms. The Hall–Kier alpha value is -2.96. The number of hydrogen-bond acceptors (Lipinski definition) is 2. The summed E-state index contributed by atoms with van der Waals surface area (Å²) in [6.45, 7) is 6.01. The largest absolute Gasteiger partial charge is 0.462 e. The maximum Gasteiger partial charge on any atom is 0.337 e. The first kappa shape index (κ1) is 20.8. The Morgan fingerprint density at radius 3 is 1.62 bits per heavy atom. The van der Waals surface area contributed by atoms with Crippen LogP contribution in [-0.2, 0) is 9.53 Å². The van der Waals surface area contributed by atoms with Gasteiger partial charge in [-0.2, -0.15) is 0 Å². The zero-order valence-corrected chi connectivity index (χ0v) is 17.6. The number of benzene rings is 3. The molecule has 0 fully saturated rings. The van der Waals surface area contributed by atoms with E-state index in [1.165, 1.54) is 15.9 Å². The van der Waals surface area contributed by atoms with Gasteiger partial charge in [-0.05, 0) is 55.5 Å². The average molecular weight is 401 g/mol. The van der Waals surface area contributed by atoms with Crippen molar-refractivity contribution in [3.8, 4) is 0 Å². The number of rotatable bonds is 8. The number of ether oxygens (including phenoxy) is 1. The fourth-order valence-corrected chi connectivity index (χ4v) is 7.45. The third-order valence-corrected chi connectivity index (χ3v) is 9.12. The maximum absolute atomic E-state index is 11.9. The molecule has 0 aliphatic carbocycles. The molecule has 3 rings (SSSR count). The van der Waals surface area contributed by atoms with Gasteiger partial charge in [0, 0.05) is 0 Å². The van der Waals surface area contributed by atoms with Crippen molar-refractivity contribution >= 4 is 29.1 Å². The quantitative estimate of drug-likeness (QED) is 0.238. The SMILES string of the molecule is C=C(C=CC[P+](c1ccccc1)(c1ccccc1)c1ccccc1)C(=O)OCC. The highest BCUT2D eigenvalue weighted by atomic mass is 31.2. The maximum atomic E-state index is 11.9. The third-order valence-electron chi connectivity index (χ3n) is 4.83. The Balaban J connectivity index is 2.10. The van der Waals surface area contributed by atoms with Crippen molar-refractivity contribution in [2.45, 2.75) is 6.92 Å². The molecule has 0 aliphatic rings. The predicted molar refractivity (Wildman–Crippen MR) is 125 cm³/mol. The second-order valence-electron chi connectivity index (χ2n) is 6.65. The zero-order valence-electron chi connectivity index (χ0n) is 16.7. The van der Waals surface area contributed by atoms with E-state index in [-0.39, 0.29) is 5.97 Å². The summed E-state index contributed by atoms with van der Waals surface area (Å²) in [7, 11) is -1.94. The van der Waals surface area contributed by atoms with Crippen LogP contribution in [-0.4, -0.2) is 18.7 Å². The molecule has 0 atom stereocenters.